The lowest BCUT2D eigenvalue weighted by Crippen LogP contribution is -2.10. The monoisotopic (exact) mass is 383 g/mol. The standard InChI is InChI=1S/C15H15Br2NO/c1-2-13(11-5-3-4-6-15(11)19)18-14-8-7-10(16)9-12(14)17/h3-9,13,18-19H,2H2,1H3. The van der Waals surface area contributed by atoms with Crippen molar-refractivity contribution >= 4 is 37.5 Å². The molecule has 100 valence electrons. The Bertz CT molecular complexity index is 572. The van der Waals surface area contributed by atoms with Gasteiger partial charge in [-0.3, -0.25) is 0 Å². The van der Waals surface area contributed by atoms with Crippen LogP contribution in [0.2, 0.25) is 0 Å². The molecular weight excluding hydrogens is 370 g/mol. The molecule has 0 saturated heterocycles. The Labute approximate surface area is 130 Å². The van der Waals surface area contributed by atoms with Crippen molar-refractivity contribution < 1.29 is 5.11 Å². The second-order valence-electron chi connectivity index (χ2n) is 4.29. The van der Waals surface area contributed by atoms with Gasteiger partial charge in [0.15, 0.2) is 0 Å². The number of aromatic hydroxyl groups is 1. The van der Waals surface area contributed by atoms with Crippen molar-refractivity contribution in [2.24, 2.45) is 0 Å². The summed E-state index contributed by atoms with van der Waals surface area (Å²) >= 11 is 6.98. The Morgan fingerprint density at radius 3 is 2.53 bits per heavy atom. The molecule has 1 atom stereocenters. The van der Waals surface area contributed by atoms with Crippen LogP contribution in [0.5, 0.6) is 5.75 Å². The van der Waals surface area contributed by atoms with Crippen LogP contribution in [-0.2, 0) is 0 Å². The molecule has 2 aromatic rings. The fourth-order valence-corrected chi connectivity index (χ4v) is 3.14. The van der Waals surface area contributed by atoms with Crippen LogP contribution in [0.4, 0.5) is 5.69 Å². The quantitative estimate of drug-likeness (QED) is 0.731. The van der Waals surface area contributed by atoms with Crippen LogP contribution >= 0.6 is 31.9 Å². The summed E-state index contributed by atoms with van der Waals surface area (Å²) in [6, 6.07) is 13.5. The average Bonchev–Trinajstić information content (AvgIpc) is 2.39. The molecule has 2 rings (SSSR count). The number of halogens is 2. The topological polar surface area (TPSA) is 32.3 Å². The molecule has 0 fully saturated rings. The fraction of sp³-hybridized carbons (Fsp3) is 0.200. The lowest BCUT2D eigenvalue weighted by atomic mass is 10.0. The zero-order chi connectivity index (χ0) is 13.8. The van der Waals surface area contributed by atoms with E-state index in [1.54, 1.807) is 6.07 Å². The van der Waals surface area contributed by atoms with E-state index in [0.29, 0.717) is 5.75 Å². The summed E-state index contributed by atoms with van der Waals surface area (Å²) in [5.41, 5.74) is 1.93. The highest BCUT2D eigenvalue weighted by atomic mass is 79.9. The first-order chi connectivity index (χ1) is 9.11. The van der Waals surface area contributed by atoms with Crippen molar-refractivity contribution in [1.29, 1.82) is 0 Å². The molecule has 2 N–H and O–H groups in total. The Kier molecular flexibility index (Phi) is 4.88. The van der Waals surface area contributed by atoms with E-state index in [1.165, 1.54) is 0 Å². The van der Waals surface area contributed by atoms with Gasteiger partial charge in [-0.05, 0) is 46.6 Å². The fourth-order valence-electron chi connectivity index (χ4n) is 1.98. The average molecular weight is 385 g/mol. The van der Waals surface area contributed by atoms with Crippen LogP contribution in [0.25, 0.3) is 0 Å². The molecule has 1 unspecified atom stereocenters. The maximum absolute atomic E-state index is 9.94. The number of benzene rings is 2. The lowest BCUT2D eigenvalue weighted by Gasteiger charge is -2.20. The highest BCUT2D eigenvalue weighted by molar-refractivity contribution is 9.11. The Balaban J connectivity index is 2.27. The number of para-hydroxylation sites is 1. The molecule has 0 radical (unpaired) electrons. The maximum Gasteiger partial charge on any atom is 0.120 e. The van der Waals surface area contributed by atoms with Gasteiger partial charge in [0.25, 0.3) is 0 Å². The van der Waals surface area contributed by atoms with Gasteiger partial charge in [0.05, 0.1) is 6.04 Å². The van der Waals surface area contributed by atoms with Crippen LogP contribution in [-0.4, -0.2) is 5.11 Å². The SMILES string of the molecule is CCC(Nc1ccc(Br)cc1Br)c1ccccc1O. The van der Waals surface area contributed by atoms with Crippen molar-refractivity contribution in [2.45, 2.75) is 19.4 Å². The molecule has 0 aromatic heterocycles. The summed E-state index contributed by atoms with van der Waals surface area (Å²) in [5, 5.41) is 13.4. The zero-order valence-corrected chi connectivity index (χ0v) is 13.7. The van der Waals surface area contributed by atoms with Crippen molar-refractivity contribution in [1.82, 2.24) is 0 Å². The minimum absolute atomic E-state index is 0.0821. The number of hydrogen-bond acceptors (Lipinski definition) is 2. The van der Waals surface area contributed by atoms with Crippen molar-refractivity contribution in [3.63, 3.8) is 0 Å². The minimum atomic E-state index is 0.0821. The minimum Gasteiger partial charge on any atom is -0.508 e. The highest BCUT2D eigenvalue weighted by Gasteiger charge is 2.14. The maximum atomic E-state index is 9.94. The van der Waals surface area contributed by atoms with E-state index in [9.17, 15) is 5.11 Å². The van der Waals surface area contributed by atoms with Gasteiger partial charge in [0.1, 0.15) is 5.75 Å². The molecule has 0 heterocycles. The summed E-state index contributed by atoms with van der Waals surface area (Å²) in [4.78, 5) is 0. The lowest BCUT2D eigenvalue weighted by molar-refractivity contribution is 0.463. The van der Waals surface area contributed by atoms with Crippen molar-refractivity contribution in [2.75, 3.05) is 5.32 Å². The molecule has 0 spiro atoms. The molecule has 0 amide bonds. The number of phenolic OH excluding ortho intramolecular Hbond substituents is 1. The summed E-state index contributed by atoms with van der Waals surface area (Å²) in [6.45, 7) is 2.09. The van der Waals surface area contributed by atoms with Crippen LogP contribution < -0.4 is 5.32 Å². The van der Waals surface area contributed by atoms with Crippen LogP contribution in [0.1, 0.15) is 24.9 Å². The predicted molar refractivity (Wildman–Crippen MR) is 86.6 cm³/mol. The second-order valence-corrected chi connectivity index (χ2v) is 6.06. The Morgan fingerprint density at radius 2 is 1.89 bits per heavy atom. The first-order valence-electron chi connectivity index (χ1n) is 6.11. The van der Waals surface area contributed by atoms with Crippen molar-refractivity contribution in [3.05, 3.63) is 57.0 Å². The first-order valence-corrected chi connectivity index (χ1v) is 7.70. The van der Waals surface area contributed by atoms with Crippen LogP contribution in [0.3, 0.4) is 0 Å². The van der Waals surface area contributed by atoms with Crippen molar-refractivity contribution in [3.8, 4) is 5.75 Å². The highest BCUT2D eigenvalue weighted by Crippen LogP contribution is 2.33. The summed E-state index contributed by atoms with van der Waals surface area (Å²) < 4.78 is 2.02. The number of phenols is 1. The molecule has 2 aromatic carbocycles. The molecule has 19 heavy (non-hydrogen) atoms. The van der Waals surface area contributed by atoms with Gasteiger partial charge in [-0.2, -0.15) is 0 Å². The normalized spacial score (nSPS) is 12.2. The third-order valence-electron chi connectivity index (χ3n) is 2.98. The van der Waals surface area contributed by atoms with Gasteiger partial charge in [0, 0.05) is 20.2 Å². The van der Waals surface area contributed by atoms with E-state index < -0.39 is 0 Å². The molecule has 0 aliphatic heterocycles. The summed E-state index contributed by atoms with van der Waals surface area (Å²) in [5.74, 6) is 0.329. The molecule has 0 aliphatic carbocycles. The van der Waals surface area contributed by atoms with Crippen LogP contribution in [0.15, 0.2) is 51.4 Å². The molecule has 0 bridgehead atoms. The van der Waals surface area contributed by atoms with Crippen LogP contribution in [0, 0.1) is 0 Å². The van der Waals surface area contributed by atoms with Gasteiger partial charge in [-0.15, -0.1) is 0 Å². The van der Waals surface area contributed by atoms with E-state index >= 15 is 0 Å². The summed E-state index contributed by atoms with van der Waals surface area (Å²) in [6.07, 6.45) is 0.889. The number of rotatable bonds is 4. The number of anilines is 1. The molecule has 0 saturated carbocycles. The third kappa shape index (κ3) is 3.51. The molecule has 4 heteroatoms. The van der Waals surface area contributed by atoms with E-state index in [2.05, 4.69) is 44.1 Å². The number of nitrogens with one attached hydrogen (secondary N) is 1. The van der Waals surface area contributed by atoms with Gasteiger partial charge in [-0.25, -0.2) is 0 Å². The Hall–Kier alpha value is -1.00. The van der Waals surface area contributed by atoms with E-state index in [0.717, 1.165) is 26.6 Å². The predicted octanol–water partition coefficient (Wildman–Crippen LogP) is 5.48. The largest absolute Gasteiger partial charge is 0.508 e. The zero-order valence-electron chi connectivity index (χ0n) is 10.5. The van der Waals surface area contributed by atoms with Gasteiger partial charge in [-0.1, -0.05) is 41.1 Å². The smallest absolute Gasteiger partial charge is 0.120 e. The van der Waals surface area contributed by atoms with Gasteiger partial charge in [0.2, 0.25) is 0 Å². The first kappa shape index (κ1) is 14.4. The molecular formula is C15H15Br2NO. The molecule has 2 nitrogen and oxygen atoms in total. The number of hydrogen-bond donors (Lipinski definition) is 2. The van der Waals surface area contributed by atoms with E-state index in [-0.39, 0.29) is 6.04 Å². The summed E-state index contributed by atoms with van der Waals surface area (Å²) in [7, 11) is 0. The molecule has 0 aliphatic rings. The van der Waals surface area contributed by atoms with E-state index in [4.69, 9.17) is 0 Å². The van der Waals surface area contributed by atoms with Gasteiger partial charge >= 0.3 is 0 Å². The van der Waals surface area contributed by atoms with E-state index in [1.807, 2.05) is 36.4 Å². The third-order valence-corrected chi connectivity index (χ3v) is 4.13. The Morgan fingerprint density at radius 1 is 1.16 bits per heavy atom. The van der Waals surface area contributed by atoms with Gasteiger partial charge < -0.3 is 10.4 Å². The second kappa shape index (κ2) is 6.44.